The zero-order valence-corrected chi connectivity index (χ0v) is 22.3. The van der Waals surface area contributed by atoms with Crippen molar-refractivity contribution in [3.8, 4) is 11.5 Å². The molecule has 2 aromatic carbocycles. The van der Waals surface area contributed by atoms with Gasteiger partial charge in [-0.3, -0.25) is 9.59 Å². The lowest BCUT2D eigenvalue weighted by molar-refractivity contribution is -0.133. The molecule has 0 aromatic heterocycles. The Balaban J connectivity index is 1.36. The van der Waals surface area contributed by atoms with Gasteiger partial charge in [0.25, 0.3) is 0 Å². The highest BCUT2D eigenvalue weighted by Crippen LogP contribution is 2.52. The first-order valence-electron chi connectivity index (χ1n) is 13.6. The highest BCUT2D eigenvalue weighted by atomic mass is 16.5. The van der Waals surface area contributed by atoms with Crippen molar-refractivity contribution in [1.82, 2.24) is 10.2 Å². The van der Waals surface area contributed by atoms with Gasteiger partial charge in [-0.15, -0.1) is 0 Å². The molecule has 1 saturated heterocycles. The number of ether oxygens (including phenoxy) is 2. The predicted molar refractivity (Wildman–Crippen MR) is 146 cm³/mol. The molecule has 7 heteroatoms. The van der Waals surface area contributed by atoms with Crippen LogP contribution in [0.4, 0.5) is 0 Å². The van der Waals surface area contributed by atoms with E-state index in [0.717, 1.165) is 42.3 Å². The topological polar surface area (TPSA) is 88.1 Å². The van der Waals surface area contributed by atoms with E-state index in [0.29, 0.717) is 31.6 Å². The van der Waals surface area contributed by atoms with Gasteiger partial charge >= 0.3 is 5.97 Å². The molecule has 0 radical (unpaired) electrons. The summed E-state index contributed by atoms with van der Waals surface area (Å²) in [6.45, 7) is 3.95. The van der Waals surface area contributed by atoms with Crippen LogP contribution >= 0.6 is 0 Å². The van der Waals surface area contributed by atoms with Crippen LogP contribution in [0.5, 0.6) is 11.5 Å². The minimum absolute atomic E-state index is 0.0786. The van der Waals surface area contributed by atoms with E-state index in [1.807, 2.05) is 42.5 Å². The molecule has 3 fully saturated rings. The zero-order chi connectivity index (χ0) is 26.8. The lowest BCUT2D eigenvalue weighted by atomic mass is 9.55. The molecule has 0 unspecified atom stereocenters. The Bertz CT molecular complexity index is 1210. The van der Waals surface area contributed by atoms with E-state index in [1.165, 1.54) is 19.8 Å². The number of rotatable bonds is 8. The molecule has 3 atom stereocenters. The van der Waals surface area contributed by atoms with E-state index < -0.39 is 11.0 Å². The number of piperidine rings is 1. The second-order valence-corrected chi connectivity index (χ2v) is 11.2. The van der Waals surface area contributed by atoms with Gasteiger partial charge in [0.05, 0.1) is 12.7 Å². The maximum Gasteiger partial charge on any atom is 0.308 e. The van der Waals surface area contributed by atoms with Gasteiger partial charge in [0, 0.05) is 37.5 Å². The number of β-amino-alcohol motifs (C(OH)–C–C–N with tert-alkyl or cyclic N) is 1. The molecule has 2 aromatic rings. The fraction of sp³-hybridized carbons (Fsp3) is 0.484. The van der Waals surface area contributed by atoms with Crippen molar-refractivity contribution < 1.29 is 24.2 Å². The Morgan fingerprint density at radius 1 is 1.11 bits per heavy atom. The second kappa shape index (κ2) is 10.9. The second-order valence-electron chi connectivity index (χ2n) is 11.2. The fourth-order valence-electron chi connectivity index (χ4n) is 6.39. The summed E-state index contributed by atoms with van der Waals surface area (Å²) in [6, 6.07) is 15.1. The Kier molecular flexibility index (Phi) is 7.59. The number of benzene rings is 2. The van der Waals surface area contributed by atoms with Gasteiger partial charge < -0.3 is 24.8 Å². The maximum absolute atomic E-state index is 12.9. The van der Waals surface area contributed by atoms with Crippen molar-refractivity contribution in [1.29, 1.82) is 0 Å². The summed E-state index contributed by atoms with van der Waals surface area (Å²) in [7, 11) is 1.62. The smallest absolute Gasteiger partial charge is 0.308 e. The lowest BCUT2D eigenvalue weighted by Crippen LogP contribution is -2.67. The number of hydrogen-bond acceptors (Lipinski definition) is 6. The maximum atomic E-state index is 12.9. The molecule has 1 heterocycles. The summed E-state index contributed by atoms with van der Waals surface area (Å²) < 4.78 is 10.7. The standard InChI is InChI=1S/C31H38N2O5/c1-22(34)38-28-8-4-6-25(18-28)30-15-16-33(20-24-9-10-24)21-31(30,36)14-13-26(19-30)32-29(35)12-11-23-5-3-7-27(17-23)37-2/h3-8,11-12,17-18,24,26,36H,9-10,13-16,19-21H2,1-2H3,(H,32,35)/t26-,30-,31-/m0/s1. The van der Waals surface area contributed by atoms with Crippen LogP contribution in [0.3, 0.4) is 0 Å². The minimum atomic E-state index is -0.924. The van der Waals surface area contributed by atoms with Gasteiger partial charge in [-0.25, -0.2) is 0 Å². The number of carbonyl (C=O) groups is 2. The molecule has 2 saturated carbocycles. The minimum Gasteiger partial charge on any atom is -0.497 e. The van der Waals surface area contributed by atoms with Crippen LogP contribution in [0.25, 0.3) is 6.08 Å². The average Bonchev–Trinajstić information content (AvgIpc) is 3.71. The molecule has 7 nitrogen and oxygen atoms in total. The fourth-order valence-corrected chi connectivity index (χ4v) is 6.39. The molecular formula is C31H38N2O5. The molecule has 2 aliphatic carbocycles. The van der Waals surface area contributed by atoms with Crippen LogP contribution in [0.15, 0.2) is 54.6 Å². The Morgan fingerprint density at radius 2 is 1.89 bits per heavy atom. The predicted octanol–water partition coefficient (Wildman–Crippen LogP) is 4.09. The number of fused-ring (bicyclic) bond motifs is 1. The van der Waals surface area contributed by atoms with Crippen LogP contribution < -0.4 is 14.8 Å². The number of nitrogens with zero attached hydrogens (tertiary/aromatic N) is 1. The first-order valence-corrected chi connectivity index (χ1v) is 13.6. The lowest BCUT2D eigenvalue weighted by Gasteiger charge is -2.58. The summed E-state index contributed by atoms with van der Waals surface area (Å²) >= 11 is 0. The van der Waals surface area contributed by atoms with Gasteiger partial charge in [-0.1, -0.05) is 24.3 Å². The molecule has 0 bridgehead atoms. The molecule has 1 amide bonds. The first kappa shape index (κ1) is 26.4. The van der Waals surface area contributed by atoms with Gasteiger partial charge in [0.15, 0.2) is 0 Å². The van der Waals surface area contributed by atoms with E-state index in [9.17, 15) is 14.7 Å². The van der Waals surface area contributed by atoms with E-state index in [2.05, 4.69) is 10.2 Å². The Hall–Kier alpha value is -3.16. The summed E-state index contributed by atoms with van der Waals surface area (Å²) in [5.41, 5.74) is 0.387. The van der Waals surface area contributed by atoms with Crippen LogP contribution in [-0.2, 0) is 15.0 Å². The van der Waals surface area contributed by atoms with Gasteiger partial charge in [0.1, 0.15) is 11.5 Å². The molecule has 1 aliphatic heterocycles. The van der Waals surface area contributed by atoms with Crippen molar-refractivity contribution in [2.45, 2.75) is 62.5 Å². The van der Waals surface area contributed by atoms with Gasteiger partial charge in [-0.05, 0) is 92.5 Å². The SMILES string of the molecule is COc1cccc(C=CC(=O)N[C@H]2CC[C@]3(O)CN(CC4CC4)CC[C@@]3(c3cccc(OC(C)=O)c3)C2)c1. The quantitative estimate of drug-likeness (QED) is 0.311. The third-order valence-electron chi connectivity index (χ3n) is 8.46. The zero-order valence-electron chi connectivity index (χ0n) is 22.3. The number of likely N-dealkylation sites (tertiary alicyclic amines) is 1. The molecule has 3 aliphatic rings. The van der Waals surface area contributed by atoms with Crippen molar-refractivity contribution in [2.75, 3.05) is 26.7 Å². The monoisotopic (exact) mass is 518 g/mol. The van der Waals surface area contributed by atoms with Gasteiger partial charge in [-0.2, -0.15) is 0 Å². The van der Waals surface area contributed by atoms with Crippen molar-refractivity contribution in [3.63, 3.8) is 0 Å². The Labute approximate surface area is 224 Å². The average molecular weight is 519 g/mol. The summed E-state index contributed by atoms with van der Waals surface area (Å²) in [6.07, 6.45) is 8.61. The third-order valence-corrected chi connectivity index (χ3v) is 8.46. The first-order chi connectivity index (χ1) is 18.3. The van der Waals surface area contributed by atoms with E-state index >= 15 is 0 Å². The third kappa shape index (κ3) is 5.79. The van der Waals surface area contributed by atoms with E-state index in [4.69, 9.17) is 9.47 Å². The normalized spacial score (nSPS) is 27.5. The summed E-state index contributed by atoms with van der Waals surface area (Å²) in [5, 5.41) is 15.4. The highest BCUT2D eigenvalue weighted by Gasteiger charge is 2.57. The number of nitrogens with one attached hydrogen (secondary N) is 1. The number of aliphatic hydroxyl groups is 1. The molecule has 38 heavy (non-hydrogen) atoms. The number of hydrogen-bond donors (Lipinski definition) is 2. The van der Waals surface area contributed by atoms with Gasteiger partial charge in [0.2, 0.25) is 5.91 Å². The number of methoxy groups -OCH3 is 1. The molecule has 2 N–H and O–H groups in total. The molecular weight excluding hydrogens is 480 g/mol. The number of esters is 1. The molecule has 202 valence electrons. The summed E-state index contributed by atoms with van der Waals surface area (Å²) in [5.74, 6) is 1.46. The molecule has 0 spiro atoms. The van der Waals surface area contributed by atoms with E-state index in [1.54, 1.807) is 25.3 Å². The number of amides is 1. The van der Waals surface area contributed by atoms with E-state index in [-0.39, 0.29) is 17.9 Å². The van der Waals surface area contributed by atoms with Crippen LogP contribution in [-0.4, -0.2) is 60.3 Å². The molecule has 5 rings (SSSR count). The van der Waals surface area contributed by atoms with Crippen LogP contribution in [0.1, 0.15) is 56.6 Å². The number of carbonyl (C=O) groups excluding carboxylic acids is 2. The van der Waals surface area contributed by atoms with Crippen molar-refractivity contribution in [2.24, 2.45) is 5.92 Å². The summed E-state index contributed by atoms with van der Waals surface area (Å²) in [4.78, 5) is 27.0. The highest BCUT2D eigenvalue weighted by molar-refractivity contribution is 5.92. The van der Waals surface area contributed by atoms with Crippen LogP contribution in [0.2, 0.25) is 0 Å². The largest absolute Gasteiger partial charge is 0.497 e. The Morgan fingerprint density at radius 3 is 2.66 bits per heavy atom. The van der Waals surface area contributed by atoms with Crippen LogP contribution in [0, 0.1) is 5.92 Å². The van der Waals surface area contributed by atoms with Crippen molar-refractivity contribution >= 4 is 18.0 Å². The van der Waals surface area contributed by atoms with Crippen molar-refractivity contribution in [3.05, 3.63) is 65.7 Å².